The van der Waals surface area contributed by atoms with E-state index in [-0.39, 0.29) is 5.78 Å². The van der Waals surface area contributed by atoms with Crippen molar-refractivity contribution in [1.29, 1.82) is 0 Å². The molecule has 0 spiro atoms. The Morgan fingerprint density at radius 2 is 1.76 bits per heavy atom. The molecule has 0 aliphatic heterocycles. The highest BCUT2D eigenvalue weighted by Gasteiger charge is 2.23. The van der Waals surface area contributed by atoms with Crippen molar-refractivity contribution in [3.8, 4) is 5.75 Å². The first-order valence-electron chi connectivity index (χ1n) is 8.99. The first-order valence-corrected chi connectivity index (χ1v) is 8.99. The molecule has 0 saturated carbocycles. The smallest absolute Gasteiger partial charge is 0.189 e. The third-order valence-electron chi connectivity index (χ3n) is 4.73. The van der Waals surface area contributed by atoms with Gasteiger partial charge >= 0.3 is 0 Å². The van der Waals surface area contributed by atoms with Crippen molar-refractivity contribution in [3.05, 3.63) is 70.8 Å². The molecule has 0 bridgehead atoms. The molecule has 1 aliphatic carbocycles. The Kier molecular flexibility index (Phi) is 5.67. The van der Waals surface area contributed by atoms with Crippen LogP contribution in [0.4, 0.5) is 0 Å². The number of carbonyl (C=O) groups excluding carboxylic acids is 1. The van der Waals surface area contributed by atoms with Crippen molar-refractivity contribution in [2.24, 2.45) is 0 Å². The molecule has 0 atom stereocenters. The molecule has 0 amide bonds. The van der Waals surface area contributed by atoms with Gasteiger partial charge < -0.3 is 9.64 Å². The summed E-state index contributed by atoms with van der Waals surface area (Å²) in [7, 11) is 0. The van der Waals surface area contributed by atoms with Crippen LogP contribution in [0, 0.1) is 0 Å². The Morgan fingerprint density at radius 1 is 1.04 bits per heavy atom. The Balaban J connectivity index is 1.61. The van der Waals surface area contributed by atoms with Gasteiger partial charge in [0, 0.05) is 24.1 Å². The number of Topliss-reactive ketones (excluding diaryl/α,β-unsaturated/α-hetero) is 1. The Hall–Kier alpha value is -2.39. The number of ether oxygens (including phenoxy) is 1. The molecule has 0 heterocycles. The second-order valence-electron chi connectivity index (χ2n) is 6.28. The van der Waals surface area contributed by atoms with Gasteiger partial charge in [-0.05, 0) is 42.4 Å². The van der Waals surface area contributed by atoms with E-state index in [0.717, 1.165) is 54.1 Å². The lowest BCUT2D eigenvalue weighted by molar-refractivity contribution is 0.104. The largest absolute Gasteiger partial charge is 0.492 e. The predicted molar refractivity (Wildman–Crippen MR) is 102 cm³/mol. The zero-order valence-corrected chi connectivity index (χ0v) is 15.0. The highest BCUT2D eigenvalue weighted by Crippen LogP contribution is 2.27. The Morgan fingerprint density at radius 3 is 2.44 bits per heavy atom. The number of carbonyl (C=O) groups is 1. The zero-order valence-electron chi connectivity index (χ0n) is 15.0. The SMILES string of the molecule is CCN(CC)CCOc1ccc(/C=C2\Cc3ccccc3C2=O)cc1. The molecule has 3 rings (SSSR count). The highest BCUT2D eigenvalue weighted by atomic mass is 16.5. The molecule has 3 heteroatoms. The van der Waals surface area contributed by atoms with Crippen molar-refractivity contribution in [3.63, 3.8) is 0 Å². The number of likely N-dealkylation sites (N-methyl/N-ethyl adjacent to an activating group) is 1. The summed E-state index contributed by atoms with van der Waals surface area (Å²) < 4.78 is 5.81. The number of allylic oxidation sites excluding steroid dienone is 1. The molecule has 0 radical (unpaired) electrons. The molecule has 25 heavy (non-hydrogen) atoms. The number of ketones is 1. The minimum Gasteiger partial charge on any atom is -0.492 e. The molecule has 1 aliphatic rings. The molecule has 2 aromatic rings. The molecule has 2 aromatic carbocycles. The van der Waals surface area contributed by atoms with E-state index in [1.54, 1.807) is 0 Å². The standard InChI is InChI=1S/C22H25NO2/c1-3-23(4-2)13-14-25-20-11-9-17(10-12-20)15-19-16-18-7-5-6-8-21(18)22(19)24/h5-12,15H,3-4,13-14,16H2,1-2H3/b19-15+. The van der Waals surface area contributed by atoms with Gasteiger partial charge in [-0.2, -0.15) is 0 Å². The van der Waals surface area contributed by atoms with Crippen molar-refractivity contribution in [1.82, 2.24) is 4.90 Å². The van der Waals surface area contributed by atoms with Crippen LogP contribution in [0.25, 0.3) is 6.08 Å². The molecule has 0 N–H and O–H groups in total. The third kappa shape index (κ3) is 4.18. The first kappa shape index (κ1) is 17.4. The molecular weight excluding hydrogens is 310 g/mol. The minimum absolute atomic E-state index is 0.148. The van der Waals surface area contributed by atoms with Crippen LogP contribution < -0.4 is 4.74 Å². The van der Waals surface area contributed by atoms with Gasteiger partial charge in [-0.15, -0.1) is 0 Å². The molecule has 0 aromatic heterocycles. The summed E-state index contributed by atoms with van der Waals surface area (Å²) in [6.45, 7) is 8.04. The van der Waals surface area contributed by atoms with Crippen molar-refractivity contribution in [2.75, 3.05) is 26.2 Å². The zero-order chi connectivity index (χ0) is 17.6. The lowest BCUT2D eigenvalue weighted by atomic mass is 10.1. The highest BCUT2D eigenvalue weighted by molar-refractivity contribution is 6.15. The minimum atomic E-state index is 0.148. The van der Waals surface area contributed by atoms with Gasteiger partial charge in [0.25, 0.3) is 0 Å². The fourth-order valence-corrected chi connectivity index (χ4v) is 3.16. The van der Waals surface area contributed by atoms with Crippen LogP contribution in [0.2, 0.25) is 0 Å². The van der Waals surface area contributed by atoms with Crippen LogP contribution in [0.1, 0.15) is 35.3 Å². The number of nitrogens with zero attached hydrogens (tertiary/aromatic N) is 1. The van der Waals surface area contributed by atoms with E-state index >= 15 is 0 Å². The summed E-state index contributed by atoms with van der Waals surface area (Å²) in [4.78, 5) is 14.8. The lowest BCUT2D eigenvalue weighted by Crippen LogP contribution is -2.27. The summed E-state index contributed by atoms with van der Waals surface area (Å²) in [6, 6.07) is 15.8. The van der Waals surface area contributed by atoms with Crippen molar-refractivity contribution < 1.29 is 9.53 Å². The van der Waals surface area contributed by atoms with Crippen LogP contribution in [-0.4, -0.2) is 36.9 Å². The lowest BCUT2D eigenvalue weighted by Gasteiger charge is -2.18. The fraction of sp³-hybridized carbons (Fsp3) is 0.318. The van der Waals surface area contributed by atoms with Gasteiger partial charge in [0.1, 0.15) is 12.4 Å². The molecular formula is C22H25NO2. The van der Waals surface area contributed by atoms with Gasteiger partial charge in [0.05, 0.1) is 0 Å². The Bertz CT molecular complexity index is 758. The molecule has 3 nitrogen and oxygen atoms in total. The Labute approximate surface area is 149 Å². The van der Waals surface area contributed by atoms with Crippen LogP contribution in [0.5, 0.6) is 5.75 Å². The number of fused-ring (bicyclic) bond motifs is 1. The molecule has 0 unspecified atom stereocenters. The predicted octanol–water partition coefficient (Wildman–Crippen LogP) is 4.23. The summed E-state index contributed by atoms with van der Waals surface area (Å²) in [5.74, 6) is 1.02. The van der Waals surface area contributed by atoms with E-state index < -0.39 is 0 Å². The maximum Gasteiger partial charge on any atom is 0.189 e. The number of rotatable bonds is 7. The van der Waals surface area contributed by atoms with Crippen LogP contribution in [0.3, 0.4) is 0 Å². The van der Waals surface area contributed by atoms with E-state index in [1.165, 1.54) is 0 Å². The maximum atomic E-state index is 12.4. The third-order valence-corrected chi connectivity index (χ3v) is 4.73. The fourth-order valence-electron chi connectivity index (χ4n) is 3.16. The van der Waals surface area contributed by atoms with Crippen LogP contribution in [0.15, 0.2) is 54.1 Å². The average molecular weight is 335 g/mol. The van der Waals surface area contributed by atoms with Gasteiger partial charge in [0.15, 0.2) is 5.78 Å². The summed E-state index contributed by atoms with van der Waals surface area (Å²) >= 11 is 0. The molecule has 0 fully saturated rings. The number of benzene rings is 2. The number of hydrogen-bond acceptors (Lipinski definition) is 3. The van der Waals surface area contributed by atoms with E-state index in [1.807, 2.05) is 54.6 Å². The number of hydrogen-bond donors (Lipinski definition) is 0. The van der Waals surface area contributed by atoms with E-state index in [4.69, 9.17) is 4.74 Å². The van der Waals surface area contributed by atoms with E-state index in [2.05, 4.69) is 18.7 Å². The van der Waals surface area contributed by atoms with Crippen LogP contribution in [-0.2, 0) is 6.42 Å². The van der Waals surface area contributed by atoms with Crippen LogP contribution >= 0.6 is 0 Å². The summed E-state index contributed by atoms with van der Waals surface area (Å²) in [5, 5.41) is 0. The maximum absolute atomic E-state index is 12.4. The summed E-state index contributed by atoms with van der Waals surface area (Å²) in [5.41, 5.74) is 3.85. The van der Waals surface area contributed by atoms with Gasteiger partial charge in [0.2, 0.25) is 0 Å². The quantitative estimate of drug-likeness (QED) is 0.709. The second kappa shape index (κ2) is 8.13. The first-order chi connectivity index (χ1) is 12.2. The topological polar surface area (TPSA) is 29.5 Å². The van der Waals surface area contributed by atoms with Gasteiger partial charge in [-0.3, -0.25) is 4.79 Å². The second-order valence-corrected chi connectivity index (χ2v) is 6.28. The van der Waals surface area contributed by atoms with Gasteiger partial charge in [-0.25, -0.2) is 0 Å². The van der Waals surface area contributed by atoms with Gasteiger partial charge in [-0.1, -0.05) is 50.2 Å². The van der Waals surface area contributed by atoms with E-state index in [0.29, 0.717) is 6.61 Å². The van der Waals surface area contributed by atoms with Crippen molar-refractivity contribution >= 4 is 11.9 Å². The van der Waals surface area contributed by atoms with Crippen molar-refractivity contribution in [2.45, 2.75) is 20.3 Å². The molecule has 0 saturated heterocycles. The summed E-state index contributed by atoms with van der Waals surface area (Å²) in [6.07, 6.45) is 2.71. The monoisotopic (exact) mass is 335 g/mol. The average Bonchev–Trinajstić information content (AvgIpc) is 2.96. The molecule has 130 valence electrons. The van der Waals surface area contributed by atoms with E-state index in [9.17, 15) is 4.79 Å². The normalized spacial score (nSPS) is 15.0.